The molecule has 7 heteroatoms. The first-order valence-electron chi connectivity index (χ1n) is 12.9. The maximum absolute atomic E-state index is 15.4. The monoisotopic (exact) mass is 514 g/mol. The van der Waals surface area contributed by atoms with Crippen LogP contribution < -0.4 is 10.1 Å². The number of allylic oxidation sites excluding steroid dienone is 4. The molecule has 3 rings (SSSR count). The fourth-order valence-corrected chi connectivity index (χ4v) is 4.55. The summed E-state index contributed by atoms with van der Waals surface area (Å²) >= 11 is 0. The molecular formula is C30H37F3N2O2. The Kier molecular flexibility index (Phi) is 9.57. The third kappa shape index (κ3) is 7.94. The number of ether oxygens (including phenoxy) is 1. The maximum atomic E-state index is 15.4. The zero-order chi connectivity index (χ0) is 27.2. The molecule has 0 spiro atoms. The number of amides is 1. The van der Waals surface area contributed by atoms with Crippen LogP contribution in [0.15, 0.2) is 76.6 Å². The summed E-state index contributed by atoms with van der Waals surface area (Å²) in [6, 6.07) is 7.52. The predicted molar refractivity (Wildman–Crippen MR) is 143 cm³/mol. The molecule has 2 atom stereocenters. The first-order chi connectivity index (χ1) is 17.5. The van der Waals surface area contributed by atoms with Gasteiger partial charge < -0.3 is 10.1 Å². The zero-order valence-corrected chi connectivity index (χ0v) is 22.0. The smallest absolute Gasteiger partial charge is 0.248 e. The molecule has 2 unspecified atom stereocenters. The summed E-state index contributed by atoms with van der Waals surface area (Å²) in [5.74, 6) is -2.48. The molecule has 1 amide bonds. The van der Waals surface area contributed by atoms with Gasteiger partial charge in [0, 0.05) is 25.3 Å². The first kappa shape index (κ1) is 28.5. The number of nitrogens with one attached hydrogen (secondary N) is 1. The molecule has 2 aliphatic rings. The number of carbonyl (C=O) groups is 1. The van der Waals surface area contributed by atoms with Gasteiger partial charge in [-0.25, -0.2) is 13.2 Å². The van der Waals surface area contributed by atoms with Gasteiger partial charge in [0.1, 0.15) is 5.75 Å². The number of rotatable bonds is 10. The van der Waals surface area contributed by atoms with Gasteiger partial charge >= 0.3 is 0 Å². The predicted octanol–water partition coefficient (Wildman–Crippen LogP) is 7.75. The molecule has 0 saturated heterocycles. The molecule has 0 aromatic heterocycles. The lowest BCUT2D eigenvalue weighted by molar-refractivity contribution is -0.119. The van der Waals surface area contributed by atoms with Crippen molar-refractivity contribution < 1.29 is 22.7 Å². The number of hydrogen-bond acceptors (Lipinski definition) is 3. The van der Waals surface area contributed by atoms with E-state index in [0.29, 0.717) is 29.6 Å². The van der Waals surface area contributed by atoms with Gasteiger partial charge in [-0.3, -0.25) is 9.79 Å². The Morgan fingerprint density at radius 1 is 1.24 bits per heavy atom. The fraction of sp³-hybridized carbons (Fsp3) is 0.467. The van der Waals surface area contributed by atoms with E-state index < -0.39 is 11.7 Å². The largest absolute Gasteiger partial charge is 0.490 e. The summed E-state index contributed by atoms with van der Waals surface area (Å²) in [7, 11) is 0. The van der Waals surface area contributed by atoms with Gasteiger partial charge in [0.15, 0.2) is 5.83 Å². The molecule has 1 fully saturated rings. The lowest BCUT2D eigenvalue weighted by Crippen LogP contribution is -2.23. The van der Waals surface area contributed by atoms with E-state index in [1.165, 1.54) is 6.92 Å². The van der Waals surface area contributed by atoms with Crippen LogP contribution in [0.3, 0.4) is 0 Å². The van der Waals surface area contributed by atoms with Crippen LogP contribution in [0.1, 0.15) is 77.3 Å². The van der Waals surface area contributed by atoms with E-state index in [1.807, 2.05) is 38.1 Å². The van der Waals surface area contributed by atoms with E-state index in [0.717, 1.165) is 23.3 Å². The Morgan fingerprint density at radius 3 is 2.49 bits per heavy atom. The second-order valence-corrected chi connectivity index (χ2v) is 9.94. The third-order valence-electron chi connectivity index (χ3n) is 6.89. The van der Waals surface area contributed by atoms with E-state index in [2.05, 4.69) is 23.5 Å². The van der Waals surface area contributed by atoms with Gasteiger partial charge in [-0.15, -0.1) is 0 Å². The van der Waals surface area contributed by atoms with Crippen LogP contribution in [0.4, 0.5) is 13.2 Å². The minimum atomic E-state index is -2.64. The number of aliphatic imine (C=N–C) groups is 1. The molecule has 1 saturated carbocycles. The molecule has 1 aromatic carbocycles. The molecule has 200 valence electrons. The molecule has 1 aromatic rings. The van der Waals surface area contributed by atoms with E-state index in [-0.39, 0.29) is 56.0 Å². The lowest BCUT2D eigenvalue weighted by atomic mass is 9.88. The van der Waals surface area contributed by atoms with Crippen LogP contribution in [-0.4, -0.2) is 30.2 Å². The van der Waals surface area contributed by atoms with Crippen LogP contribution in [0.2, 0.25) is 0 Å². The second-order valence-electron chi connectivity index (χ2n) is 9.94. The van der Waals surface area contributed by atoms with Gasteiger partial charge in [-0.1, -0.05) is 43.9 Å². The molecular weight excluding hydrogens is 477 g/mol. The minimum absolute atomic E-state index is 0.0836. The summed E-state index contributed by atoms with van der Waals surface area (Å²) in [6.45, 7) is 13.7. The number of dihydropyridines is 1. The van der Waals surface area contributed by atoms with Crippen molar-refractivity contribution in [2.75, 3.05) is 6.54 Å². The normalized spacial score (nSPS) is 19.1. The van der Waals surface area contributed by atoms with E-state index in [9.17, 15) is 13.6 Å². The van der Waals surface area contributed by atoms with Gasteiger partial charge in [-0.05, 0) is 67.9 Å². The quantitative estimate of drug-likeness (QED) is 0.347. The van der Waals surface area contributed by atoms with Crippen molar-refractivity contribution in [2.45, 2.75) is 83.8 Å². The van der Waals surface area contributed by atoms with E-state index in [1.54, 1.807) is 6.08 Å². The lowest BCUT2D eigenvalue weighted by Gasteiger charge is -2.25. The number of carbonyl (C=O) groups excluding carboxylic acids is 1. The van der Waals surface area contributed by atoms with Crippen molar-refractivity contribution in [3.63, 3.8) is 0 Å². The summed E-state index contributed by atoms with van der Waals surface area (Å²) in [4.78, 5) is 15.6. The Labute approximate surface area is 218 Å². The van der Waals surface area contributed by atoms with Crippen molar-refractivity contribution in [1.29, 1.82) is 0 Å². The van der Waals surface area contributed by atoms with Gasteiger partial charge in [0.2, 0.25) is 11.8 Å². The van der Waals surface area contributed by atoms with Crippen molar-refractivity contribution >= 4 is 11.6 Å². The molecule has 4 nitrogen and oxygen atoms in total. The molecule has 37 heavy (non-hydrogen) atoms. The highest BCUT2D eigenvalue weighted by Gasteiger charge is 2.33. The zero-order valence-electron chi connectivity index (χ0n) is 22.0. The van der Waals surface area contributed by atoms with Crippen LogP contribution in [0.5, 0.6) is 5.75 Å². The highest BCUT2D eigenvalue weighted by Crippen LogP contribution is 2.37. The highest BCUT2D eigenvalue weighted by molar-refractivity contribution is 6.12. The van der Waals surface area contributed by atoms with Gasteiger partial charge in [0.25, 0.3) is 0 Å². The van der Waals surface area contributed by atoms with E-state index >= 15 is 4.39 Å². The molecule has 1 heterocycles. The van der Waals surface area contributed by atoms with E-state index in [4.69, 9.17) is 4.74 Å². The van der Waals surface area contributed by atoms with Gasteiger partial charge in [0.05, 0.1) is 24.4 Å². The highest BCUT2D eigenvalue weighted by atomic mass is 19.3. The molecule has 1 N–H and O–H groups in total. The Morgan fingerprint density at radius 2 is 1.89 bits per heavy atom. The van der Waals surface area contributed by atoms with Crippen molar-refractivity contribution in [3.05, 3.63) is 77.2 Å². The SMILES string of the molecule is C=C(CCC(CC)Oc1ccc(C(C)NC(C)=O)cc1)C1=NCC(=C)C(C=C2CCC(F)(F)CC2)=C1F. The van der Waals surface area contributed by atoms with Gasteiger partial charge in [-0.2, -0.15) is 0 Å². The fourth-order valence-electron chi connectivity index (χ4n) is 4.55. The Hall–Kier alpha value is -3.09. The summed E-state index contributed by atoms with van der Waals surface area (Å²) < 4.78 is 48.6. The molecule has 1 aliphatic carbocycles. The standard InChI is InChI=1S/C30H37F3N2O2/c1-6-25(37-26-11-8-24(9-12-26)21(4)35-22(5)36)10-7-19(2)29-28(31)27(20(3)18-34-29)17-23-13-15-30(32,33)16-14-23/h8-9,11-12,17,21,25H,2-3,6-7,10,13-16,18H2,1,4-5H3,(H,35,36). The number of alkyl halides is 2. The van der Waals surface area contributed by atoms with Crippen LogP contribution >= 0.6 is 0 Å². The number of halogens is 3. The molecule has 0 bridgehead atoms. The van der Waals surface area contributed by atoms with Crippen molar-refractivity contribution in [1.82, 2.24) is 5.32 Å². The third-order valence-corrected chi connectivity index (χ3v) is 6.89. The first-order valence-corrected chi connectivity index (χ1v) is 12.9. The average Bonchev–Trinajstić information content (AvgIpc) is 2.85. The maximum Gasteiger partial charge on any atom is 0.248 e. The second kappa shape index (κ2) is 12.4. The Balaban J connectivity index is 1.60. The summed E-state index contributed by atoms with van der Waals surface area (Å²) in [5.41, 5.74) is 3.51. The number of hydrogen-bond donors (Lipinski definition) is 1. The summed E-state index contributed by atoms with van der Waals surface area (Å²) in [5, 5.41) is 2.86. The topological polar surface area (TPSA) is 50.7 Å². The number of benzene rings is 1. The van der Waals surface area contributed by atoms with Crippen LogP contribution in [0.25, 0.3) is 0 Å². The van der Waals surface area contributed by atoms with Crippen molar-refractivity contribution in [2.24, 2.45) is 4.99 Å². The minimum Gasteiger partial charge on any atom is -0.490 e. The summed E-state index contributed by atoms with van der Waals surface area (Å²) in [6.07, 6.45) is 3.60. The van der Waals surface area contributed by atoms with Crippen LogP contribution in [-0.2, 0) is 4.79 Å². The number of nitrogens with zero attached hydrogens (tertiary/aromatic N) is 1. The van der Waals surface area contributed by atoms with Crippen molar-refractivity contribution in [3.8, 4) is 5.75 Å². The Bertz CT molecular complexity index is 1100. The molecule has 0 radical (unpaired) electrons. The van der Waals surface area contributed by atoms with Crippen LogP contribution in [0, 0.1) is 0 Å². The average molecular weight is 515 g/mol. The molecule has 1 aliphatic heterocycles.